The van der Waals surface area contributed by atoms with Crippen molar-refractivity contribution in [3.8, 4) is 0 Å². The van der Waals surface area contributed by atoms with Crippen molar-refractivity contribution < 1.29 is 9.59 Å². The number of amides is 3. The van der Waals surface area contributed by atoms with Gasteiger partial charge >= 0.3 is 6.03 Å². The highest BCUT2D eigenvalue weighted by Gasteiger charge is 2.28. The fourth-order valence-electron chi connectivity index (χ4n) is 4.33. The molecule has 3 amide bonds. The van der Waals surface area contributed by atoms with Gasteiger partial charge in [-0.05, 0) is 70.1 Å². The zero-order valence-corrected chi connectivity index (χ0v) is 18.5. The van der Waals surface area contributed by atoms with E-state index < -0.39 is 0 Å². The van der Waals surface area contributed by atoms with Gasteiger partial charge in [0.1, 0.15) is 0 Å². The van der Waals surface area contributed by atoms with E-state index >= 15 is 0 Å². The maximum atomic E-state index is 12.6. The second-order valence-electron chi connectivity index (χ2n) is 8.54. The van der Waals surface area contributed by atoms with Crippen molar-refractivity contribution in [1.82, 2.24) is 15.2 Å². The monoisotopic (exact) mass is 410 g/mol. The largest absolute Gasteiger partial charge is 0.339 e. The van der Waals surface area contributed by atoms with Crippen LogP contribution in [0.15, 0.2) is 35.4 Å². The van der Waals surface area contributed by atoms with E-state index in [-0.39, 0.29) is 11.9 Å². The first-order valence-corrected chi connectivity index (χ1v) is 11.1. The molecule has 1 saturated heterocycles. The van der Waals surface area contributed by atoms with Gasteiger partial charge in [-0.2, -0.15) is 0 Å². The van der Waals surface area contributed by atoms with Crippen molar-refractivity contribution in [3.63, 3.8) is 0 Å². The smallest absolute Gasteiger partial charge is 0.319 e. The standard InChI is InChI=1S/C24H34N4O2/c1-17-8-7-10-22(17)23(29)28-13-11-20(16-28)9-5-4-6-12-25-24(30)27-21-14-18(2)26-19(3)15-21/h7-8,14-15,20H,4-6,9-13,16H2,1-3H3,(H2,25,26,27,30). The number of unbranched alkanes of at least 4 members (excludes halogenated alkanes) is 2. The SMILES string of the molecule is CC1=C(C(=O)N2CCC(CCCCCNC(=O)Nc3cc(C)nc(C)c3)C2)CC=C1. The Kier molecular flexibility index (Phi) is 7.66. The molecule has 1 aliphatic carbocycles. The number of hydrogen-bond donors (Lipinski definition) is 2. The van der Waals surface area contributed by atoms with Crippen molar-refractivity contribution in [1.29, 1.82) is 0 Å². The number of allylic oxidation sites excluding steroid dienone is 3. The van der Waals surface area contributed by atoms with Crippen molar-refractivity contribution >= 4 is 17.6 Å². The van der Waals surface area contributed by atoms with Gasteiger partial charge in [0.25, 0.3) is 0 Å². The van der Waals surface area contributed by atoms with E-state index in [1.165, 1.54) is 0 Å². The molecule has 1 atom stereocenters. The normalized spacial score (nSPS) is 18.2. The van der Waals surface area contributed by atoms with Crippen LogP contribution in [0, 0.1) is 19.8 Å². The average Bonchev–Trinajstić information content (AvgIpc) is 3.32. The molecule has 2 heterocycles. The Morgan fingerprint density at radius 3 is 2.60 bits per heavy atom. The molecule has 2 N–H and O–H groups in total. The number of anilines is 1. The first-order valence-electron chi connectivity index (χ1n) is 11.1. The van der Waals surface area contributed by atoms with Crippen molar-refractivity contribution in [2.24, 2.45) is 5.92 Å². The molecule has 3 rings (SSSR count). The maximum absolute atomic E-state index is 12.6. The molecule has 162 valence electrons. The molecular weight excluding hydrogens is 376 g/mol. The summed E-state index contributed by atoms with van der Waals surface area (Å²) in [5, 5.41) is 5.79. The van der Waals surface area contributed by atoms with Crippen LogP contribution in [-0.4, -0.2) is 41.5 Å². The second kappa shape index (κ2) is 10.4. The second-order valence-corrected chi connectivity index (χ2v) is 8.54. The minimum Gasteiger partial charge on any atom is -0.339 e. The maximum Gasteiger partial charge on any atom is 0.319 e. The molecule has 0 saturated carbocycles. The number of hydrogen-bond acceptors (Lipinski definition) is 3. The molecule has 1 aromatic heterocycles. The van der Waals surface area contributed by atoms with Crippen LogP contribution in [0.25, 0.3) is 0 Å². The Bertz CT molecular complexity index is 823. The lowest BCUT2D eigenvalue weighted by atomic mass is 10.0. The highest BCUT2D eigenvalue weighted by Crippen LogP contribution is 2.27. The Morgan fingerprint density at radius 2 is 1.90 bits per heavy atom. The third kappa shape index (κ3) is 6.18. The summed E-state index contributed by atoms with van der Waals surface area (Å²) in [7, 11) is 0. The fraction of sp³-hybridized carbons (Fsp3) is 0.542. The predicted octanol–water partition coefficient (Wildman–Crippen LogP) is 4.51. The minimum absolute atomic E-state index is 0.170. The van der Waals surface area contributed by atoms with Gasteiger partial charge in [-0.1, -0.05) is 25.0 Å². The number of rotatable bonds is 8. The Balaban J connectivity index is 1.26. The van der Waals surface area contributed by atoms with Gasteiger partial charge in [-0.25, -0.2) is 4.79 Å². The van der Waals surface area contributed by atoms with Crippen LogP contribution in [0.2, 0.25) is 0 Å². The summed E-state index contributed by atoms with van der Waals surface area (Å²) in [5.41, 5.74) is 4.65. The molecule has 0 aromatic carbocycles. The molecule has 1 aliphatic heterocycles. The van der Waals surface area contributed by atoms with E-state index in [9.17, 15) is 9.59 Å². The molecule has 0 spiro atoms. The summed E-state index contributed by atoms with van der Waals surface area (Å²) in [6.45, 7) is 8.30. The van der Waals surface area contributed by atoms with Gasteiger partial charge in [-0.15, -0.1) is 0 Å². The number of aryl methyl sites for hydroxylation is 2. The Hall–Kier alpha value is -2.63. The van der Waals surface area contributed by atoms with Crippen LogP contribution >= 0.6 is 0 Å². The van der Waals surface area contributed by atoms with E-state index in [0.717, 1.165) is 79.8 Å². The lowest BCUT2D eigenvalue weighted by Crippen LogP contribution is -2.30. The molecule has 30 heavy (non-hydrogen) atoms. The van der Waals surface area contributed by atoms with Crippen molar-refractivity contribution in [3.05, 3.63) is 46.8 Å². The zero-order valence-electron chi connectivity index (χ0n) is 18.5. The molecule has 6 heteroatoms. The van der Waals surface area contributed by atoms with E-state index in [0.29, 0.717) is 12.5 Å². The lowest BCUT2D eigenvalue weighted by Gasteiger charge is -2.18. The molecule has 0 bridgehead atoms. The minimum atomic E-state index is -0.170. The third-order valence-electron chi connectivity index (χ3n) is 5.91. The summed E-state index contributed by atoms with van der Waals surface area (Å²) in [5.74, 6) is 0.841. The lowest BCUT2D eigenvalue weighted by molar-refractivity contribution is -0.126. The molecule has 6 nitrogen and oxygen atoms in total. The first kappa shape index (κ1) is 22.1. The number of likely N-dealkylation sites (tertiary alicyclic amines) is 1. The summed E-state index contributed by atoms with van der Waals surface area (Å²) >= 11 is 0. The Morgan fingerprint density at radius 1 is 1.13 bits per heavy atom. The van der Waals surface area contributed by atoms with Crippen LogP contribution in [0.1, 0.15) is 56.8 Å². The van der Waals surface area contributed by atoms with Gasteiger partial charge in [0, 0.05) is 42.3 Å². The fourth-order valence-corrected chi connectivity index (χ4v) is 4.33. The van der Waals surface area contributed by atoms with Crippen molar-refractivity contribution in [2.45, 2.75) is 59.3 Å². The van der Waals surface area contributed by atoms with Gasteiger partial charge < -0.3 is 15.5 Å². The topological polar surface area (TPSA) is 74.3 Å². The number of carbonyl (C=O) groups is 2. The van der Waals surface area contributed by atoms with Gasteiger partial charge in [0.05, 0.1) is 0 Å². The number of nitrogens with zero attached hydrogens (tertiary/aromatic N) is 2. The first-order chi connectivity index (χ1) is 14.4. The number of aromatic nitrogens is 1. The van der Waals surface area contributed by atoms with Gasteiger partial charge in [0.15, 0.2) is 0 Å². The average molecular weight is 411 g/mol. The molecule has 0 radical (unpaired) electrons. The van der Waals surface area contributed by atoms with Crippen molar-refractivity contribution in [2.75, 3.05) is 25.0 Å². The van der Waals surface area contributed by atoms with Gasteiger partial charge in [0.2, 0.25) is 5.91 Å². The zero-order chi connectivity index (χ0) is 21.5. The Labute approximate surface area is 179 Å². The van der Waals surface area contributed by atoms with Crippen LogP contribution < -0.4 is 10.6 Å². The number of pyridine rings is 1. The molecule has 1 unspecified atom stereocenters. The van der Waals surface area contributed by atoms with E-state index in [1.807, 2.05) is 43.9 Å². The van der Waals surface area contributed by atoms with E-state index in [4.69, 9.17) is 0 Å². The van der Waals surface area contributed by atoms with Crippen LogP contribution in [0.4, 0.5) is 10.5 Å². The molecule has 1 aromatic rings. The number of urea groups is 1. The van der Waals surface area contributed by atoms with Crippen LogP contribution in [-0.2, 0) is 4.79 Å². The summed E-state index contributed by atoms with van der Waals surface area (Å²) in [6.07, 6.45) is 10.4. The highest BCUT2D eigenvalue weighted by molar-refractivity contribution is 5.95. The summed E-state index contributed by atoms with van der Waals surface area (Å²) in [6, 6.07) is 3.56. The summed E-state index contributed by atoms with van der Waals surface area (Å²) < 4.78 is 0. The third-order valence-corrected chi connectivity index (χ3v) is 5.91. The van der Waals surface area contributed by atoms with E-state index in [2.05, 4.69) is 21.7 Å². The number of carbonyl (C=O) groups excluding carboxylic acids is 2. The van der Waals surface area contributed by atoms with E-state index in [1.54, 1.807) is 0 Å². The summed E-state index contributed by atoms with van der Waals surface area (Å²) in [4.78, 5) is 31.0. The quantitative estimate of drug-likeness (QED) is 0.620. The molecular formula is C24H34N4O2. The van der Waals surface area contributed by atoms with Crippen LogP contribution in [0.3, 0.4) is 0 Å². The number of nitrogens with one attached hydrogen (secondary N) is 2. The predicted molar refractivity (Wildman–Crippen MR) is 120 cm³/mol. The van der Waals surface area contributed by atoms with Gasteiger partial charge in [-0.3, -0.25) is 9.78 Å². The highest BCUT2D eigenvalue weighted by atomic mass is 16.2. The molecule has 1 fully saturated rings. The molecule has 2 aliphatic rings. The van der Waals surface area contributed by atoms with Crippen LogP contribution in [0.5, 0.6) is 0 Å².